The van der Waals surface area contributed by atoms with Crippen LogP contribution in [0, 0.1) is 0 Å². The van der Waals surface area contributed by atoms with Gasteiger partial charge in [-0.25, -0.2) is 9.18 Å². The monoisotopic (exact) mass is 335 g/mol. The first kappa shape index (κ1) is 17.2. The molecular formula is C17H23BFNO4. The standard InChI is InChI=1S/C17H23BFNO4/c1-15(2)16(3,4)24-18(23-15)12-5-6-13-11(9-12)7-8-17(13,19)10-20-14(21)22/h5-6,9,20H,7-8,10H2,1-4H3,(H,21,22). The molecule has 130 valence electrons. The van der Waals surface area contributed by atoms with Crippen LogP contribution in [0.4, 0.5) is 9.18 Å². The molecule has 1 aromatic rings. The maximum Gasteiger partial charge on any atom is 0.494 e. The van der Waals surface area contributed by atoms with Crippen LogP contribution in [-0.2, 0) is 21.4 Å². The zero-order valence-corrected chi connectivity index (χ0v) is 14.5. The van der Waals surface area contributed by atoms with E-state index in [1.54, 1.807) is 12.1 Å². The molecule has 1 amide bonds. The zero-order chi connectivity index (χ0) is 17.8. The molecule has 0 bridgehead atoms. The Morgan fingerprint density at radius 1 is 1.29 bits per heavy atom. The molecule has 1 saturated heterocycles. The topological polar surface area (TPSA) is 67.8 Å². The third-order valence-corrected chi connectivity index (χ3v) is 5.45. The number of fused-ring (bicyclic) bond motifs is 1. The van der Waals surface area contributed by atoms with Crippen LogP contribution in [-0.4, -0.2) is 36.1 Å². The number of carboxylic acid groups (broad SMARTS) is 1. The summed E-state index contributed by atoms with van der Waals surface area (Å²) < 4.78 is 27.1. The molecule has 1 fully saturated rings. The van der Waals surface area contributed by atoms with Gasteiger partial charge in [0.1, 0.15) is 0 Å². The second-order valence-corrected chi connectivity index (χ2v) is 7.63. The second-order valence-electron chi connectivity index (χ2n) is 7.63. The van der Waals surface area contributed by atoms with E-state index in [4.69, 9.17) is 14.4 Å². The minimum Gasteiger partial charge on any atom is -0.465 e. The smallest absolute Gasteiger partial charge is 0.465 e. The Kier molecular flexibility index (Phi) is 3.92. The van der Waals surface area contributed by atoms with E-state index in [2.05, 4.69) is 5.32 Å². The van der Waals surface area contributed by atoms with Crippen molar-refractivity contribution in [2.24, 2.45) is 0 Å². The predicted molar refractivity (Wildman–Crippen MR) is 89.3 cm³/mol. The number of amides is 1. The van der Waals surface area contributed by atoms with E-state index in [-0.39, 0.29) is 13.0 Å². The van der Waals surface area contributed by atoms with Crippen molar-refractivity contribution in [2.45, 2.75) is 57.4 Å². The van der Waals surface area contributed by atoms with Crippen molar-refractivity contribution in [3.05, 3.63) is 29.3 Å². The van der Waals surface area contributed by atoms with Gasteiger partial charge in [0.25, 0.3) is 0 Å². The van der Waals surface area contributed by atoms with Gasteiger partial charge >= 0.3 is 13.2 Å². The van der Waals surface area contributed by atoms with E-state index in [1.165, 1.54) is 0 Å². The Labute approximate surface area is 141 Å². The summed E-state index contributed by atoms with van der Waals surface area (Å²) >= 11 is 0. The Bertz CT molecular complexity index is 663. The van der Waals surface area contributed by atoms with Gasteiger partial charge in [0.15, 0.2) is 5.67 Å². The number of aryl methyl sites for hydroxylation is 1. The molecule has 3 rings (SSSR count). The average molecular weight is 335 g/mol. The fourth-order valence-electron chi connectivity index (χ4n) is 3.25. The highest BCUT2D eigenvalue weighted by Crippen LogP contribution is 2.40. The fraction of sp³-hybridized carbons (Fsp3) is 0.588. The third-order valence-electron chi connectivity index (χ3n) is 5.45. The SMILES string of the molecule is CC1(C)OB(c2ccc3c(c2)CCC3(F)CNC(=O)O)OC1(C)C. The van der Waals surface area contributed by atoms with Crippen molar-refractivity contribution in [2.75, 3.05) is 6.54 Å². The van der Waals surface area contributed by atoms with Crippen LogP contribution in [0.3, 0.4) is 0 Å². The Hall–Kier alpha value is -1.60. The van der Waals surface area contributed by atoms with E-state index >= 15 is 4.39 Å². The minimum atomic E-state index is -1.65. The molecule has 0 spiro atoms. The Morgan fingerprint density at radius 2 is 1.92 bits per heavy atom. The lowest BCUT2D eigenvalue weighted by molar-refractivity contribution is 0.00578. The highest BCUT2D eigenvalue weighted by Gasteiger charge is 2.52. The van der Waals surface area contributed by atoms with Crippen molar-refractivity contribution >= 4 is 18.7 Å². The summed E-state index contributed by atoms with van der Waals surface area (Å²) in [6.07, 6.45) is -0.370. The molecule has 5 nitrogen and oxygen atoms in total. The van der Waals surface area contributed by atoms with Crippen LogP contribution in [0.2, 0.25) is 0 Å². The number of rotatable bonds is 3. The van der Waals surface area contributed by atoms with Crippen LogP contribution in [0.25, 0.3) is 0 Å². The molecule has 7 heteroatoms. The number of carbonyl (C=O) groups is 1. The largest absolute Gasteiger partial charge is 0.494 e. The third kappa shape index (κ3) is 2.80. The number of benzene rings is 1. The lowest BCUT2D eigenvalue weighted by atomic mass is 9.77. The number of alkyl halides is 1. The lowest BCUT2D eigenvalue weighted by Crippen LogP contribution is -2.41. The summed E-state index contributed by atoms with van der Waals surface area (Å²) in [6, 6.07) is 5.45. The van der Waals surface area contributed by atoms with Gasteiger partial charge in [-0.2, -0.15) is 0 Å². The van der Waals surface area contributed by atoms with Gasteiger partial charge in [-0.15, -0.1) is 0 Å². The van der Waals surface area contributed by atoms with Gasteiger partial charge in [0.05, 0.1) is 17.7 Å². The molecule has 1 aromatic carbocycles. The molecule has 2 N–H and O–H groups in total. The van der Waals surface area contributed by atoms with Crippen LogP contribution in [0.5, 0.6) is 0 Å². The summed E-state index contributed by atoms with van der Waals surface area (Å²) in [5, 5.41) is 10.9. The number of nitrogens with one attached hydrogen (secondary N) is 1. The maximum atomic E-state index is 15.0. The summed E-state index contributed by atoms with van der Waals surface area (Å²) in [6.45, 7) is 7.73. The van der Waals surface area contributed by atoms with Gasteiger partial charge in [-0.1, -0.05) is 18.2 Å². The van der Waals surface area contributed by atoms with Crippen LogP contribution in [0.15, 0.2) is 18.2 Å². The van der Waals surface area contributed by atoms with E-state index in [1.807, 2.05) is 33.8 Å². The first-order chi connectivity index (χ1) is 11.0. The van der Waals surface area contributed by atoms with Crippen molar-refractivity contribution < 1.29 is 23.6 Å². The fourth-order valence-corrected chi connectivity index (χ4v) is 3.25. The summed E-state index contributed by atoms with van der Waals surface area (Å²) in [5.74, 6) is 0. The van der Waals surface area contributed by atoms with Gasteiger partial charge in [0, 0.05) is 0 Å². The van der Waals surface area contributed by atoms with Crippen LogP contribution in [0.1, 0.15) is 45.2 Å². The summed E-state index contributed by atoms with van der Waals surface area (Å²) in [7, 11) is -0.480. The Morgan fingerprint density at radius 3 is 2.50 bits per heavy atom. The van der Waals surface area contributed by atoms with Gasteiger partial charge in [-0.3, -0.25) is 0 Å². The molecule has 1 atom stereocenters. The molecule has 1 heterocycles. The molecule has 1 aliphatic heterocycles. The van der Waals surface area contributed by atoms with Crippen molar-refractivity contribution in [3.8, 4) is 0 Å². The quantitative estimate of drug-likeness (QED) is 0.832. The summed E-state index contributed by atoms with van der Waals surface area (Å²) in [5.41, 5.74) is -0.198. The molecule has 1 unspecified atom stereocenters. The molecule has 0 aromatic heterocycles. The van der Waals surface area contributed by atoms with Crippen LogP contribution < -0.4 is 10.8 Å². The molecule has 0 saturated carbocycles. The summed E-state index contributed by atoms with van der Waals surface area (Å²) in [4.78, 5) is 10.6. The first-order valence-corrected chi connectivity index (χ1v) is 8.19. The van der Waals surface area contributed by atoms with E-state index in [0.717, 1.165) is 11.0 Å². The maximum absolute atomic E-state index is 15.0. The number of hydrogen-bond acceptors (Lipinski definition) is 3. The van der Waals surface area contributed by atoms with Crippen molar-refractivity contribution in [3.63, 3.8) is 0 Å². The average Bonchev–Trinajstić information content (AvgIpc) is 2.92. The normalized spacial score (nSPS) is 27.1. The second kappa shape index (κ2) is 5.46. The van der Waals surface area contributed by atoms with Crippen molar-refractivity contribution in [1.82, 2.24) is 5.32 Å². The van der Waals surface area contributed by atoms with E-state index < -0.39 is 30.1 Å². The number of halogens is 1. The molecule has 2 aliphatic rings. The number of hydrogen-bond donors (Lipinski definition) is 2. The molecular weight excluding hydrogens is 312 g/mol. The highest BCUT2D eigenvalue weighted by molar-refractivity contribution is 6.62. The lowest BCUT2D eigenvalue weighted by Gasteiger charge is -2.32. The van der Waals surface area contributed by atoms with Gasteiger partial charge in [0.2, 0.25) is 0 Å². The van der Waals surface area contributed by atoms with Crippen molar-refractivity contribution in [1.29, 1.82) is 0 Å². The minimum absolute atomic E-state index is 0.231. The van der Waals surface area contributed by atoms with Crippen LogP contribution >= 0.6 is 0 Å². The Balaban J connectivity index is 1.83. The molecule has 0 radical (unpaired) electrons. The molecule has 24 heavy (non-hydrogen) atoms. The molecule has 1 aliphatic carbocycles. The zero-order valence-electron chi connectivity index (χ0n) is 14.5. The van der Waals surface area contributed by atoms with Gasteiger partial charge in [-0.05, 0) is 57.1 Å². The first-order valence-electron chi connectivity index (χ1n) is 8.19. The predicted octanol–water partition coefficient (Wildman–Crippen LogP) is 2.36. The van der Waals surface area contributed by atoms with Gasteiger partial charge < -0.3 is 19.7 Å². The highest BCUT2D eigenvalue weighted by atomic mass is 19.1. The van der Waals surface area contributed by atoms with E-state index in [0.29, 0.717) is 12.0 Å². The van der Waals surface area contributed by atoms with E-state index in [9.17, 15) is 4.79 Å².